The molecule has 0 aromatic heterocycles. The van der Waals surface area contributed by atoms with Crippen molar-refractivity contribution in [2.24, 2.45) is 0 Å². The zero-order valence-corrected chi connectivity index (χ0v) is 12.1. The molecule has 1 aliphatic rings. The topological polar surface area (TPSA) is 32.7 Å². The summed E-state index contributed by atoms with van der Waals surface area (Å²) in [4.78, 5) is 2.32. The molecule has 1 aromatic carbocycles. The molecule has 2 rings (SSSR count). The van der Waals surface area contributed by atoms with E-state index in [0.717, 1.165) is 12.1 Å². The fraction of sp³-hybridized carbons (Fsp3) is 0.600. The Morgan fingerprint density at radius 2 is 2.16 bits per heavy atom. The summed E-state index contributed by atoms with van der Waals surface area (Å²) in [5.41, 5.74) is 0.964. The maximum absolute atomic E-state index is 9.98. The molecule has 0 bridgehead atoms. The Balaban J connectivity index is 1.68. The predicted octanol–water partition coefficient (Wildman–Crippen LogP) is 2.70. The SMILES string of the molecule is CCN(CC(O)COCc1ccccc1Cl)C1CC1. The smallest absolute Gasteiger partial charge is 0.0900 e. The Morgan fingerprint density at radius 3 is 2.79 bits per heavy atom. The van der Waals surface area contributed by atoms with Crippen LogP contribution >= 0.6 is 11.6 Å². The summed E-state index contributed by atoms with van der Waals surface area (Å²) >= 11 is 6.05. The van der Waals surface area contributed by atoms with E-state index in [1.54, 1.807) is 0 Å². The highest BCUT2D eigenvalue weighted by Crippen LogP contribution is 2.26. The van der Waals surface area contributed by atoms with Gasteiger partial charge in [-0.2, -0.15) is 0 Å². The molecular weight excluding hydrogens is 262 g/mol. The maximum atomic E-state index is 9.98. The summed E-state index contributed by atoms with van der Waals surface area (Å²) in [6.45, 7) is 4.63. The van der Waals surface area contributed by atoms with Gasteiger partial charge in [-0.25, -0.2) is 0 Å². The van der Waals surface area contributed by atoms with E-state index >= 15 is 0 Å². The van der Waals surface area contributed by atoms with Crippen molar-refractivity contribution in [2.45, 2.75) is 38.5 Å². The van der Waals surface area contributed by atoms with Crippen LogP contribution in [0.15, 0.2) is 24.3 Å². The zero-order chi connectivity index (χ0) is 13.7. The molecule has 4 heteroatoms. The fourth-order valence-electron chi connectivity index (χ4n) is 2.22. The Labute approximate surface area is 120 Å². The zero-order valence-electron chi connectivity index (χ0n) is 11.4. The van der Waals surface area contributed by atoms with Gasteiger partial charge in [0.25, 0.3) is 0 Å². The Kier molecular flexibility index (Phi) is 5.64. The average molecular weight is 284 g/mol. The second-order valence-corrected chi connectivity index (χ2v) is 5.49. The van der Waals surface area contributed by atoms with E-state index < -0.39 is 6.10 Å². The van der Waals surface area contributed by atoms with Gasteiger partial charge in [-0.05, 0) is 31.0 Å². The first kappa shape index (κ1) is 14.8. The van der Waals surface area contributed by atoms with Crippen molar-refractivity contribution in [1.29, 1.82) is 0 Å². The van der Waals surface area contributed by atoms with Crippen LogP contribution in [-0.4, -0.2) is 41.8 Å². The molecule has 1 aliphatic carbocycles. The van der Waals surface area contributed by atoms with Gasteiger partial charge in [-0.1, -0.05) is 36.7 Å². The van der Waals surface area contributed by atoms with E-state index in [0.29, 0.717) is 30.8 Å². The monoisotopic (exact) mass is 283 g/mol. The van der Waals surface area contributed by atoms with Gasteiger partial charge in [-0.3, -0.25) is 4.90 Å². The summed E-state index contributed by atoms with van der Waals surface area (Å²) in [5, 5.41) is 10.7. The highest BCUT2D eigenvalue weighted by atomic mass is 35.5. The molecule has 19 heavy (non-hydrogen) atoms. The molecule has 0 spiro atoms. The molecule has 1 N–H and O–H groups in total. The molecule has 0 radical (unpaired) electrons. The van der Waals surface area contributed by atoms with Gasteiger partial charge in [0.2, 0.25) is 0 Å². The number of hydrogen-bond acceptors (Lipinski definition) is 3. The Bertz CT molecular complexity index is 395. The second-order valence-electron chi connectivity index (χ2n) is 5.08. The van der Waals surface area contributed by atoms with E-state index in [9.17, 15) is 5.11 Å². The van der Waals surface area contributed by atoms with Crippen LogP contribution in [0.5, 0.6) is 0 Å². The van der Waals surface area contributed by atoms with Gasteiger partial charge in [0, 0.05) is 17.6 Å². The maximum Gasteiger partial charge on any atom is 0.0900 e. The first-order valence-corrected chi connectivity index (χ1v) is 7.31. The summed E-state index contributed by atoms with van der Waals surface area (Å²) in [5.74, 6) is 0. The third-order valence-corrected chi connectivity index (χ3v) is 3.81. The molecule has 0 heterocycles. The van der Waals surface area contributed by atoms with Crippen LogP contribution in [-0.2, 0) is 11.3 Å². The lowest BCUT2D eigenvalue weighted by atomic mass is 10.2. The van der Waals surface area contributed by atoms with Gasteiger partial charge in [0.1, 0.15) is 0 Å². The van der Waals surface area contributed by atoms with Crippen LogP contribution < -0.4 is 0 Å². The predicted molar refractivity (Wildman–Crippen MR) is 77.4 cm³/mol. The van der Waals surface area contributed by atoms with Gasteiger partial charge in [-0.15, -0.1) is 0 Å². The number of likely N-dealkylation sites (N-methyl/N-ethyl adjacent to an activating group) is 1. The number of aliphatic hydroxyl groups is 1. The highest BCUT2D eigenvalue weighted by molar-refractivity contribution is 6.31. The number of rotatable bonds is 8. The third kappa shape index (κ3) is 4.77. The van der Waals surface area contributed by atoms with Crippen molar-refractivity contribution in [1.82, 2.24) is 4.90 Å². The van der Waals surface area contributed by atoms with Crippen molar-refractivity contribution in [3.05, 3.63) is 34.9 Å². The summed E-state index contributed by atoms with van der Waals surface area (Å²) in [6, 6.07) is 8.31. The number of aliphatic hydroxyl groups excluding tert-OH is 1. The van der Waals surface area contributed by atoms with Crippen LogP contribution in [0.3, 0.4) is 0 Å². The van der Waals surface area contributed by atoms with E-state index in [4.69, 9.17) is 16.3 Å². The van der Waals surface area contributed by atoms with E-state index in [1.807, 2.05) is 24.3 Å². The van der Waals surface area contributed by atoms with Crippen molar-refractivity contribution in [2.75, 3.05) is 19.7 Å². The van der Waals surface area contributed by atoms with Crippen LogP contribution in [0.2, 0.25) is 5.02 Å². The summed E-state index contributed by atoms with van der Waals surface area (Å²) in [6.07, 6.45) is 2.10. The molecule has 3 nitrogen and oxygen atoms in total. The molecule has 0 amide bonds. The molecule has 1 aromatic rings. The lowest BCUT2D eigenvalue weighted by Crippen LogP contribution is -2.36. The normalized spacial score (nSPS) is 16.8. The lowest BCUT2D eigenvalue weighted by molar-refractivity contribution is 0.00936. The van der Waals surface area contributed by atoms with Gasteiger partial charge in [0.05, 0.1) is 19.3 Å². The van der Waals surface area contributed by atoms with Gasteiger partial charge < -0.3 is 9.84 Å². The van der Waals surface area contributed by atoms with Crippen molar-refractivity contribution < 1.29 is 9.84 Å². The molecule has 1 saturated carbocycles. The number of nitrogens with zero attached hydrogens (tertiary/aromatic N) is 1. The van der Waals surface area contributed by atoms with Crippen molar-refractivity contribution in [3.63, 3.8) is 0 Å². The van der Waals surface area contributed by atoms with Crippen LogP contribution in [0.1, 0.15) is 25.3 Å². The molecule has 1 atom stereocenters. The Morgan fingerprint density at radius 1 is 1.42 bits per heavy atom. The lowest BCUT2D eigenvalue weighted by Gasteiger charge is -2.23. The highest BCUT2D eigenvalue weighted by Gasteiger charge is 2.28. The quantitative estimate of drug-likeness (QED) is 0.796. The minimum absolute atomic E-state index is 0.356. The molecular formula is C15H22ClNO2. The van der Waals surface area contributed by atoms with E-state index in [1.165, 1.54) is 12.8 Å². The van der Waals surface area contributed by atoms with E-state index in [2.05, 4.69) is 11.8 Å². The molecule has 0 saturated heterocycles. The number of benzene rings is 1. The average Bonchev–Trinajstić information content (AvgIpc) is 3.22. The van der Waals surface area contributed by atoms with Crippen LogP contribution in [0, 0.1) is 0 Å². The Hall–Kier alpha value is -0.610. The third-order valence-electron chi connectivity index (χ3n) is 3.44. The minimum Gasteiger partial charge on any atom is -0.389 e. The largest absolute Gasteiger partial charge is 0.389 e. The first-order valence-electron chi connectivity index (χ1n) is 6.94. The standard InChI is InChI=1S/C15H22ClNO2/c1-2-17(13-7-8-13)9-14(18)11-19-10-12-5-3-4-6-15(12)16/h3-6,13-14,18H,2,7-11H2,1H3. The molecule has 106 valence electrons. The van der Waals surface area contributed by atoms with Gasteiger partial charge in [0.15, 0.2) is 0 Å². The van der Waals surface area contributed by atoms with E-state index in [-0.39, 0.29) is 0 Å². The summed E-state index contributed by atoms with van der Waals surface area (Å²) < 4.78 is 5.55. The molecule has 1 unspecified atom stereocenters. The number of halogens is 1. The first-order chi connectivity index (χ1) is 9.20. The second kappa shape index (κ2) is 7.25. The molecule has 1 fully saturated rings. The van der Waals surface area contributed by atoms with Crippen LogP contribution in [0.25, 0.3) is 0 Å². The number of hydrogen-bond donors (Lipinski definition) is 1. The van der Waals surface area contributed by atoms with Crippen LogP contribution in [0.4, 0.5) is 0 Å². The van der Waals surface area contributed by atoms with Gasteiger partial charge >= 0.3 is 0 Å². The molecule has 0 aliphatic heterocycles. The van der Waals surface area contributed by atoms with Crippen molar-refractivity contribution >= 4 is 11.6 Å². The fourth-order valence-corrected chi connectivity index (χ4v) is 2.41. The number of ether oxygens (including phenoxy) is 1. The van der Waals surface area contributed by atoms with Crippen molar-refractivity contribution in [3.8, 4) is 0 Å². The summed E-state index contributed by atoms with van der Waals surface area (Å²) in [7, 11) is 0. The minimum atomic E-state index is -0.428.